The molecule has 0 radical (unpaired) electrons. The van der Waals surface area contributed by atoms with Crippen molar-refractivity contribution in [3.05, 3.63) is 88.6 Å². The van der Waals surface area contributed by atoms with Crippen molar-refractivity contribution >= 4 is 5.91 Å². The first-order chi connectivity index (χ1) is 13.4. The summed E-state index contributed by atoms with van der Waals surface area (Å²) in [6.45, 7) is 5.77. The zero-order valence-electron chi connectivity index (χ0n) is 16.1. The zero-order chi connectivity index (χ0) is 20.1. The molecule has 28 heavy (non-hydrogen) atoms. The molecule has 144 valence electrons. The van der Waals surface area contributed by atoms with Gasteiger partial charge >= 0.3 is 0 Å². The maximum Gasteiger partial charge on any atom is 0.253 e. The van der Waals surface area contributed by atoms with Gasteiger partial charge in [-0.15, -0.1) is 0 Å². The minimum atomic E-state index is -0.330. The average molecular weight is 379 g/mol. The largest absolute Gasteiger partial charge is 0.473 e. The van der Waals surface area contributed by atoms with E-state index in [2.05, 4.69) is 15.3 Å². The van der Waals surface area contributed by atoms with E-state index in [1.54, 1.807) is 31.5 Å². The summed E-state index contributed by atoms with van der Waals surface area (Å²) < 4.78 is 19.3. The van der Waals surface area contributed by atoms with Gasteiger partial charge in [-0.2, -0.15) is 0 Å². The van der Waals surface area contributed by atoms with Crippen molar-refractivity contribution in [2.45, 2.75) is 33.4 Å². The van der Waals surface area contributed by atoms with Gasteiger partial charge in [-0.05, 0) is 67.8 Å². The van der Waals surface area contributed by atoms with E-state index in [0.717, 1.165) is 11.1 Å². The Morgan fingerprint density at radius 3 is 2.57 bits per heavy atom. The quantitative estimate of drug-likeness (QED) is 0.693. The number of pyridine rings is 2. The average Bonchev–Trinajstić information content (AvgIpc) is 2.66. The molecule has 0 unspecified atom stereocenters. The maximum atomic E-state index is 13.6. The molecule has 0 bridgehead atoms. The monoisotopic (exact) mass is 379 g/mol. The topological polar surface area (TPSA) is 64.1 Å². The Balaban J connectivity index is 1.66. The third-order valence-corrected chi connectivity index (χ3v) is 4.35. The Bertz CT molecular complexity index is 957. The van der Waals surface area contributed by atoms with Gasteiger partial charge in [0.2, 0.25) is 5.88 Å². The fraction of sp³-hybridized carbons (Fsp3) is 0.227. The summed E-state index contributed by atoms with van der Waals surface area (Å²) in [4.78, 5) is 20.9. The van der Waals surface area contributed by atoms with Gasteiger partial charge < -0.3 is 10.1 Å². The number of ether oxygens (including phenoxy) is 1. The number of carbonyl (C=O) groups is 1. The van der Waals surface area contributed by atoms with E-state index in [0.29, 0.717) is 29.3 Å². The van der Waals surface area contributed by atoms with Crippen molar-refractivity contribution in [1.29, 1.82) is 0 Å². The lowest BCUT2D eigenvalue weighted by atomic mass is 10.0. The summed E-state index contributed by atoms with van der Waals surface area (Å²) in [5.41, 5.74) is 3.53. The van der Waals surface area contributed by atoms with E-state index >= 15 is 0 Å². The van der Waals surface area contributed by atoms with Crippen molar-refractivity contribution in [1.82, 2.24) is 15.3 Å². The van der Waals surface area contributed by atoms with Crippen LogP contribution in [0.5, 0.6) is 5.88 Å². The highest BCUT2D eigenvalue weighted by molar-refractivity contribution is 5.95. The van der Waals surface area contributed by atoms with Crippen molar-refractivity contribution in [3.63, 3.8) is 0 Å². The van der Waals surface area contributed by atoms with Crippen molar-refractivity contribution < 1.29 is 13.9 Å². The number of aryl methyl sites for hydroxylation is 2. The number of nitrogens with zero attached hydrogens (tertiary/aromatic N) is 2. The van der Waals surface area contributed by atoms with Crippen LogP contribution in [0.15, 0.2) is 54.9 Å². The van der Waals surface area contributed by atoms with Gasteiger partial charge in [-0.1, -0.05) is 6.07 Å². The maximum absolute atomic E-state index is 13.6. The van der Waals surface area contributed by atoms with Gasteiger partial charge in [0, 0.05) is 18.5 Å². The van der Waals surface area contributed by atoms with Gasteiger partial charge in [-0.25, -0.2) is 9.37 Å². The number of benzene rings is 1. The van der Waals surface area contributed by atoms with Gasteiger partial charge in [-0.3, -0.25) is 9.78 Å². The van der Waals surface area contributed by atoms with E-state index in [1.165, 1.54) is 12.1 Å². The molecule has 0 aliphatic rings. The highest BCUT2D eigenvalue weighted by Crippen LogP contribution is 2.19. The third kappa shape index (κ3) is 4.91. The molecule has 1 aromatic carbocycles. The first kappa shape index (κ1) is 19.5. The fourth-order valence-electron chi connectivity index (χ4n) is 2.87. The number of carbonyl (C=O) groups excluding carboxylic acids is 1. The standard InChI is InChI=1S/C22H22FN3O2/c1-14-10-18(12-19(23)11-14)15(2)26-22(27)20-4-5-21(25-16(20)3)28-13-17-6-8-24-9-7-17/h4-12,15H,13H2,1-3H3,(H,26,27)/t15-/m1/s1. The molecule has 5 nitrogen and oxygen atoms in total. The predicted molar refractivity (Wildman–Crippen MR) is 105 cm³/mol. The van der Waals surface area contributed by atoms with Gasteiger partial charge in [0.05, 0.1) is 17.3 Å². The molecule has 0 saturated carbocycles. The van der Waals surface area contributed by atoms with Crippen LogP contribution in [0.4, 0.5) is 4.39 Å². The smallest absolute Gasteiger partial charge is 0.253 e. The summed E-state index contributed by atoms with van der Waals surface area (Å²) in [6, 6.07) is 11.5. The number of nitrogens with one attached hydrogen (secondary N) is 1. The Morgan fingerprint density at radius 2 is 1.89 bits per heavy atom. The van der Waals surface area contributed by atoms with E-state index in [4.69, 9.17) is 4.74 Å². The van der Waals surface area contributed by atoms with Gasteiger partial charge in [0.1, 0.15) is 12.4 Å². The van der Waals surface area contributed by atoms with Crippen molar-refractivity contribution in [3.8, 4) is 5.88 Å². The Morgan fingerprint density at radius 1 is 1.14 bits per heavy atom. The van der Waals surface area contributed by atoms with E-state index in [-0.39, 0.29) is 17.8 Å². The molecule has 0 spiro atoms. The zero-order valence-corrected chi connectivity index (χ0v) is 16.1. The van der Waals surface area contributed by atoms with Crippen LogP contribution in [0.25, 0.3) is 0 Å². The fourth-order valence-corrected chi connectivity index (χ4v) is 2.87. The predicted octanol–water partition coefficient (Wildman–Crippen LogP) is 4.30. The number of aromatic nitrogens is 2. The molecule has 1 N–H and O–H groups in total. The molecule has 1 atom stereocenters. The van der Waals surface area contributed by atoms with Crippen molar-refractivity contribution in [2.75, 3.05) is 0 Å². The Kier molecular flexibility index (Phi) is 5.99. The van der Waals surface area contributed by atoms with Crippen LogP contribution in [-0.4, -0.2) is 15.9 Å². The van der Waals surface area contributed by atoms with E-state index < -0.39 is 0 Å². The summed E-state index contributed by atoms with van der Waals surface area (Å²) in [7, 11) is 0. The highest BCUT2D eigenvalue weighted by Gasteiger charge is 2.15. The molecule has 6 heteroatoms. The van der Waals surface area contributed by atoms with Gasteiger partial charge in [0.25, 0.3) is 5.91 Å². The van der Waals surface area contributed by atoms with Crippen LogP contribution in [-0.2, 0) is 6.61 Å². The first-order valence-electron chi connectivity index (χ1n) is 8.99. The third-order valence-electron chi connectivity index (χ3n) is 4.35. The summed E-state index contributed by atoms with van der Waals surface area (Å²) in [6.07, 6.45) is 3.40. The number of rotatable bonds is 6. The van der Waals surface area contributed by atoms with Crippen LogP contribution in [0, 0.1) is 19.7 Å². The minimum absolute atomic E-state index is 0.264. The number of halogens is 1. The highest BCUT2D eigenvalue weighted by atomic mass is 19.1. The molecular formula is C22H22FN3O2. The van der Waals surface area contributed by atoms with Gasteiger partial charge in [0.15, 0.2) is 0 Å². The summed E-state index contributed by atoms with van der Waals surface area (Å²) >= 11 is 0. The Labute approximate surface area is 163 Å². The molecule has 0 saturated heterocycles. The second-order valence-electron chi connectivity index (χ2n) is 6.68. The van der Waals surface area contributed by atoms with Crippen LogP contribution < -0.4 is 10.1 Å². The van der Waals surface area contributed by atoms with Crippen LogP contribution >= 0.6 is 0 Å². The second-order valence-corrected chi connectivity index (χ2v) is 6.68. The van der Waals surface area contributed by atoms with E-state index in [9.17, 15) is 9.18 Å². The summed E-state index contributed by atoms with van der Waals surface area (Å²) in [5.74, 6) is -0.135. The molecule has 0 fully saturated rings. The number of amides is 1. The molecule has 2 aromatic heterocycles. The number of hydrogen-bond acceptors (Lipinski definition) is 4. The lowest BCUT2D eigenvalue weighted by Gasteiger charge is -2.16. The molecular weight excluding hydrogens is 357 g/mol. The minimum Gasteiger partial charge on any atom is -0.473 e. The second kappa shape index (κ2) is 8.61. The van der Waals surface area contributed by atoms with E-state index in [1.807, 2.05) is 32.0 Å². The molecule has 2 heterocycles. The van der Waals surface area contributed by atoms with Crippen LogP contribution in [0.3, 0.4) is 0 Å². The molecule has 3 rings (SSSR count). The lowest BCUT2D eigenvalue weighted by Crippen LogP contribution is -2.27. The molecule has 1 amide bonds. The molecule has 0 aliphatic carbocycles. The first-order valence-corrected chi connectivity index (χ1v) is 8.99. The van der Waals surface area contributed by atoms with Crippen LogP contribution in [0.1, 0.15) is 45.7 Å². The lowest BCUT2D eigenvalue weighted by molar-refractivity contribution is 0.0938. The van der Waals surface area contributed by atoms with Crippen LogP contribution in [0.2, 0.25) is 0 Å². The number of hydrogen-bond donors (Lipinski definition) is 1. The van der Waals surface area contributed by atoms with Crippen molar-refractivity contribution in [2.24, 2.45) is 0 Å². The molecule has 3 aromatic rings. The summed E-state index contributed by atoms with van der Waals surface area (Å²) in [5, 5.41) is 2.89. The normalized spacial score (nSPS) is 11.7. The molecule has 0 aliphatic heterocycles. The SMILES string of the molecule is Cc1cc(F)cc([C@@H](C)NC(=O)c2ccc(OCc3ccncc3)nc2C)c1. The Hall–Kier alpha value is -3.28.